The number of aryl methyl sites for hydroxylation is 1. The Morgan fingerprint density at radius 2 is 2.00 bits per heavy atom. The van der Waals surface area contributed by atoms with Crippen molar-refractivity contribution in [3.8, 4) is 5.75 Å². The highest BCUT2D eigenvalue weighted by molar-refractivity contribution is 6.30. The Kier molecular flexibility index (Phi) is 4.96. The summed E-state index contributed by atoms with van der Waals surface area (Å²) < 4.78 is 11.5. The van der Waals surface area contributed by atoms with Crippen molar-refractivity contribution in [2.75, 3.05) is 0 Å². The van der Waals surface area contributed by atoms with E-state index in [1.54, 1.807) is 6.07 Å². The Morgan fingerprint density at radius 1 is 1.24 bits per heavy atom. The maximum atomic E-state index is 5.93. The van der Waals surface area contributed by atoms with Gasteiger partial charge < -0.3 is 14.5 Å². The Bertz CT molecular complexity index is 599. The predicted molar refractivity (Wildman–Crippen MR) is 85.8 cm³/mol. The first kappa shape index (κ1) is 15.9. The van der Waals surface area contributed by atoms with Crippen molar-refractivity contribution in [3.05, 3.63) is 52.4 Å². The molecule has 0 radical (unpaired) electrons. The molecule has 114 valence electrons. The van der Waals surface area contributed by atoms with Crippen LogP contribution in [0, 0.1) is 6.92 Å². The van der Waals surface area contributed by atoms with Crippen molar-refractivity contribution in [2.45, 2.75) is 46.4 Å². The van der Waals surface area contributed by atoms with Crippen molar-refractivity contribution in [2.24, 2.45) is 0 Å². The average Bonchev–Trinajstić information content (AvgIpc) is 2.74. The van der Waals surface area contributed by atoms with E-state index < -0.39 is 0 Å². The molecule has 0 aliphatic rings. The first-order chi connectivity index (χ1) is 9.83. The van der Waals surface area contributed by atoms with Gasteiger partial charge in [0.25, 0.3) is 0 Å². The Morgan fingerprint density at radius 3 is 2.67 bits per heavy atom. The molecule has 0 spiro atoms. The quantitative estimate of drug-likeness (QED) is 0.868. The van der Waals surface area contributed by atoms with E-state index in [1.165, 1.54) is 0 Å². The van der Waals surface area contributed by atoms with Crippen LogP contribution < -0.4 is 10.1 Å². The van der Waals surface area contributed by atoms with Gasteiger partial charge in [0, 0.05) is 10.6 Å². The van der Waals surface area contributed by atoms with Gasteiger partial charge in [0.1, 0.15) is 23.9 Å². The van der Waals surface area contributed by atoms with Crippen LogP contribution in [0.2, 0.25) is 5.02 Å². The number of nitrogens with one attached hydrogen (secondary N) is 1. The summed E-state index contributed by atoms with van der Waals surface area (Å²) in [5.41, 5.74) is 1.20. The van der Waals surface area contributed by atoms with Crippen LogP contribution in [-0.4, -0.2) is 5.54 Å². The van der Waals surface area contributed by atoms with Crippen molar-refractivity contribution < 1.29 is 9.15 Å². The van der Waals surface area contributed by atoms with E-state index >= 15 is 0 Å². The molecule has 0 aliphatic carbocycles. The first-order valence-corrected chi connectivity index (χ1v) is 7.43. The highest BCUT2D eigenvalue weighted by Gasteiger charge is 2.13. The topological polar surface area (TPSA) is 34.4 Å². The third-order valence-corrected chi connectivity index (χ3v) is 3.26. The summed E-state index contributed by atoms with van der Waals surface area (Å²) in [6.07, 6.45) is 0. The van der Waals surface area contributed by atoms with Crippen LogP contribution in [0.25, 0.3) is 0 Å². The van der Waals surface area contributed by atoms with Crippen LogP contribution in [0.5, 0.6) is 5.75 Å². The molecule has 2 rings (SSSR count). The van der Waals surface area contributed by atoms with E-state index in [2.05, 4.69) is 26.1 Å². The number of hydrogen-bond acceptors (Lipinski definition) is 3. The molecule has 2 aromatic rings. The molecular weight excluding hydrogens is 286 g/mol. The molecule has 0 amide bonds. The van der Waals surface area contributed by atoms with Gasteiger partial charge in [0.05, 0.1) is 6.54 Å². The number of furan rings is 1. The van der Waals surface area contributed by atoms with Crippen molar-refractivity contribution in [1.82, 2.24) is 5.32 Å². The van der Waals surface area contributed by atoms with Crippen LogP contribution in [-0.2, 0) is 13.2 Å². The lowest BCUT2D eigenvalue weighted by Gasteiger charge is -2.19. The van der Waals surface area contributed by atoms with Crippen LogP contribution >= 0.6 is 11.6 Å². The maximum absolute atomic E-state index is 5.93. The fourth-order valence-corrected chi connectivity index (χ4v) is 2.07. The van der Waals surface area contributed by atoms with Gasteiger partial charge in [-0.05, 0) is 57.5 Å². The van der Waals surface area contributed by atoms with Gasteiger partial charge in [-0.25, -0.2) is 0 Å². The smallest absolute Gasteiger partial charge is 0.146 e. The van der Waals surface area contributed by atoms with E-state index in [4.69, 9.17) is 20.8 Å². The molecule has 0 saturated heterocycles. The second kappa shape index (κ2) is 6.54. The van der Waals surface area contributed by atoms with Gasteiger partial charge in [-0.2, -0.15) is 0 Å². The summed E-state index contributed by atoms with van der Waals surface area (Å²) in [7, 11) is 0. The highest BCUT2D eigenvalue weighted by Crippen LogP contribution is 2.20. The summed E-state index contributed by atoms with van der Waals surface area (Å²) in [6, 6.07) is 9.37. The summed E-state index contributed by atoms with van der Waals surface area (Å²) in [6.45, 7) is 9.56. The standard InChI is InChI=1S/C17H22ClNO2/c1-12-8-15(21-16(12)10-19-17(2,3)4)11-20-14-7-5-6-13(18)9-14/h5-9,19H,10-11H2,1-4H3. The lowest BCUT2D eigenvalue weighted by molar-refractivity contribution is 0.263. The fraction of sp³-hybridized carbons (Fsp3) is 0.412. The minimum absolute atomic E-state index is 0.0662. The van der Waals surface area contributed by atoms with Gasteiger partial charge in [0.2, 0.25) is 0 Å². The second-order valence-electron chi connectivity index (χ2n) is 6.17. The molecule has 21 heavy (non-hydrogen) atoms. The molecular formula is C17H22ClNO2. The largest absolute Gasteiger partial charge is 0.486 e. The van der Waals surface area contributed by atoms with Crippen molar-refractivity contribution >= 4 is 11.6 Å². The molecule has 0 fully saturated rings. The van der Waals surface area contributed by atoms with Gasteiger partial charge in [-0.15, -0.1) is 0 Å². The van der Waals surface area contributed by atoms with E-state index in [0.717, 1.165) is 22.8 Å². The summed E-state index contributed by atoms with van der Waals surface area (Å²) in [5.74, 6) is 2.51. The van der Waals surface area contributed by atoms with Crippen LogP contribution in [0.15, 0.2) is 34.7 Å². The Balaban J connectivity index is 1.95. The molecule has 3 nitrogen and oxygen atoms in total. The molecule has 4 heteroatoms. The van der Waals surface area contributed by atoms with Crippen LogP contribution in [0.3, 0.4) is 0 Å². The van der Waals surface area contributed by atoms with Crippen LogP contribution in [0.1, 0.15) is 37.9 Å². The fourth-order valence-electron chi connectivity index (χ4n) is 1.89. The predicted octanol–water partition coefficient (Wildman–Crippen LogP) is 4.71. The zero-order chi connectivity index (χ0) is 15.5. The number of halogens is 1. The van der Waals surface area contributed by atoms with E-state index in [9.17, 15) is 0 Å². The monoisotopic (exact) mass is 307 g/mol. The van der Waals surface area contributed by atoms with Gasteiger partial charge in [-0.3, -0.25) is 0 Å². The van der Waals surface area contributed by atoms with Gasteiger partial charge >= 0.3 is 0 Å². The van der Waals surface area contributed by atoms with E-state index in [0.29, 0.717) is 18.2 Å². The molecule has 1 heterocycles. The van der Waals surface area contributed by atoms with E-state index in [1.807, 2.05) is 31.2 Å². The molecule has 1 aromatic heterocycles. The van der Waals surface area contributed by atoms with Gasteiger partial charge in [-0.1, -0.05) is 17.7 Å². The normalized spacial score (nSPS) is 11.7. The maximum Gasteiger partial charge on any atom is 0.146 e. The highest BCUT2D eigenvalue weighted by atomic mass is 35.5. The number of hydrogen-bond donors (Lipinski definition) is 1. The third kappa shape index (κ3) is 5.10. The molecule has 0 saturated carbocycles. The van der Waals surface area contributed by atoms with Gasteiger partial charge in [0.15, 0.2) is 0 Å². The second-order valence-corrected chi connectivity index (χ2v) is 6.60. The molecule has 0 bridgehead atoms. The summed E-state index contributed by atoms with van der Waals surface area (Å²) in [4.78, 5) is 0. The molecule has 0 aliphatic heterocycles. The average molecular weight is 308 g/mol. The molecule has 0 unspecified atom stereocenters. The lowest BCUT2D eigenvalue weighted by Crippen LogP contribution is -2.35. The zero-order valence-electron chi connectivity index (χ0n) is 13.0. The Hall–Kier alpha value is -1.45. The summed E-state index contributed by atoms with van der Waals surface area (Å²) >= 11 is 5.93. The number of rotatable bonds is 5. The minimum Gasteiger partial charge on any atom is -0.486 e. The van der Waals surface area contributed by atoms with Crippen molar-refractivity contribution in [1.29, 1.82) is 0 Å². The molecule has 1 N–H and O–H groups in total. The third-order valence-electron chi connectivity index (χ3n) is 3.03. The van der Waals surface area contributed by atoms with Crippen LogP contribution in [0.4, 0.5) is 0 Å². The SMILES string of the molecule is Cc1cc(COc2cccc(Cl)c2)oc1CNC(C)(C)C. The minimum atomic E-state index is 0.0662. The number of benzene rings is 1. The zero-order valence-corrected chi connectivity index (χ0v) is 13.8. The molecule has 1 aromatic carbocycles. The van der Waals surface area contributed by atoms with Crippen molar-refractivity contribution in [3.63, 3.8) is 0 Å². The lowest BCUT2D eigenvalue weighted by atomic mass is 10.1. The summed E-state index contributed by atoms with van der Waals surface area (Å²) in [5, 5.41) is 4.09. The first-order valence-electron chi connectivity index (χ1n) is 7.05. The van der Waals surface area contributed by atoms with E-state index in [-0.39, 0.29) is 5.54 Å². The molecule has 0 atom stereocenters. The number of ether oxygens (including phenoxy) is 1. The Labute approximate surface area is 131 Å².